The second-order valence-corrected chi connectivity index (χ2v) is 12.3. The van der Waals surface area contributed by atoms with Gasteiger partial charge in [0.25, 0.3) is 5.91 Å². The monoisotopic (exact) mass is 638 g/mol. The van der Waals surface area contributed by atoms with Crippen molar-refractivity contribution in [2.24, 2.45) is 11.7 Å². The summed E-state index contributed by atoms with van der Waals surface area (Å²) >= 11 is 12.6. The molecule has 0 radical (unpaired) electrons. The van der Waals surface area contributed by atoms with E-state index in [1.165, 1.54) is 19.2 Å². The van der Waals surface area contributed by atoms with Crippen LogP contribution in [0, 0.1) is 18.7 Å². The summed E-state index contributed by atoms with van der Waals surface area (Å²) in [6.45, 7) is 3.14. The number of fused-ring (bicyclic) bond motifs is 2. The average Bonchev–Trinajstić information content (AvgIpc) is 3.80. The van der Waals surface area contributed by atoms with Crippen molar-refractivity contribution in [1.29, 1.82) is 0 Å². The maximum absolute atomic E-state index is 14.5. The Hall–Kier alpha value is -3.99. The molecule has 1 saturated carbocycles. The highest BCUT2D eigenvalue weighted by atomic mass is 35.5. The van der Waals surface area contributed by atoms with Gasteiger partial charge in [-0.15, -0.1) is 0 Å². The van der Waals surface area contributed by atoms with Crippen LogP contribution in [0.4, 0.5) is 4.39 Å². The van der Waals surface area contributed by atoms with Crippen molar-refractivity contribution in [2.75, 3.05) is 20.3 Å². The Morgan fingerprint density at radius 1 is 1.23 bits per heavy atom. The molecular weight excluding hydrogens is 610 g/mol. The normalized spacial score (nSPS) is 18.8. The number of nitrogens with zero attached hydrogens (tertiary/aromatic N) is 2. The van der Waals surface area contributed by atoms with Crippen molar-refractivity contribution < 1.29 is 28.6 Å². The first kappa shape index (κ1) is 30.1. The molecule has 2 aromatic heterocycles. The standard InChI is InChI=1S/C32H29Cl2FN4O5/c1-15-21(33)10-16-9-17(11-23(43-3)26(16)38-15)29(40)37-13-32(42,18-7-8-18)24-12-20-28(44-14-31(20,2)30(36)41)27(39-24)19-5-4-6-22(35)25(19)34/h4-6,9-12,18,42H,7-8,13-14H2,1-3H3,(H2,36,41)(H,37,40)/t31-,32+/m0/s1. The van der Waals surface area contributed by atoms with E-state index in [9.17, 15) is 19.1 Å². The van der Waals surface area contributed by atoms with E-state index < -0.39 is 28.6 Å². The summed E-state index contributed by atoms with van der Waals surface area (Å²) in [4.78, 5) is 35.3. The number of nitrogens with two attached hydrogens (primary N) is 1. The molecule has 228 valence electrons. The van der Waals surface area contributed by atoms with Gasteiger partial charge in [-0.1, -0.05) is 35.3 Å². The van der Waals surface area contributed by atoms with E-state index in [1.807, 2.05) is 0 Å². The topological polar surface area (TPSA) is 137 Å². The zero-order valence-electron chi connectivity index (χ0n) is 24.1. The van der Waals surface area contributed by atoms with Crippen LogP contribution in [0.1, 0.15) is 47.1 Å². The molecule has 2 aromatic carbocycles. The Labute approximate surface area is 262 Å². The molecule has 44 heavy (non-hydrogen) atoms. The molecule has 2 amide bonds. The van der Waals surface area contributed by atoms with Crippen LogP contribution in [0.25, 0.3) is 22.2 Å². The molecule has 9 nitrogen and oxygen atoms in total. The predicted octanol–water partition coefficient (Wildman–Crippen LogP) is 5.22. The van der Waals surface area contributed by atoms with E-state index in [2.05, 4.69) is 10.3 Å². The maximum atomic E-state index is 14.5. The van der Waals surface area contributed by atoms with Crippen LogP contribution in [-0.4, -0.2) is 47.2 Å². The van der Waals surface area contributed by atoms with E-state index >= 15 is 0 Å². The Balaban J connectivity index is 1.41. The lowest BCUT2D eigenvalue weighted by Crippen LogP contribution is -2.44. The lowest BCUT2D eigenvalue weighted by atomic mass is 9.81. The number of aryl methyl sites for hydroxylation is 1. The minimum Gasteiger partial charge on any atom is -0.494 e. The maximum Gasteiger partial charge on any atom is 0.251 e. The van der Waals surface area contributed by atoms with Crippen LogP contribution < -0.4 is 20.5 Å². The summed E-state index contributed by atoms with van der Waals surface area (Å²) in [6, 6.07) is 10.8. The third-order valence-electron chi connectivity index (χ3n) is 8.53. The largest absolute Gasteiger partial charge is 0.494 e. The number of methoxy groups -OCH3 is 1. The number of hydrogen-bond acceptors (Lipinski definition) is 7. The molecule has 0 saturated heterocycles. The molecule has 0 unspecified atom stereocenters. The number of rotatable bonds is 8. The first-order chi connectivity index (χ1) is 20.9. The van der Waals surface area contributed by atoms with Crippen molar-refractivity contribution >= 4 is 45.9 Å². The molecule has 1 fully saturated rings. The summed E-state index contributed by atoms with van der Waals surface area (Å²) in [6.07, 6.45) is 1.36. The molecule has 2 atom stereocenters. The van der Waals surface area contributed by atoms with Gasteiger partial charge in [0, 0.05) is 22.1 Å². The number of primary amides is 1. The summed E-state index contributed by atoms with van der Waals surface area (Å²) in [5.74, 6) is -1.39. The molecule has 4 aromatic rings. The van der Waals surface area contributed by atoms with Crippen molar-refractivity contribution in [3.05, 3.63) is 80.8 Å². The quantitative estimate of drug-likeness (QED) is 0.241. The first-order valence-electron chi connectivity index (χ1n) is 14.0. The van der Waals surface area contributed by atoms with Crippen molar-refractivity contribution in [1.82, 2.24) is 15.3 Å². The summed E-state index contributed by atoms with van der Waals surface area (Å²) in [7, 11) is 1.49. The number of hydrogen-bond donors (Lipinski definition) is 3. The Bertz CT molecular complexity index is 1870. The SMILES string of the molecule is COc1cc(C(=O)NC[C@](O)(c2cc3c(c(-c4cccc(F)c4Cl)n2)OC[C@]3(C)C(N)=O)C2CC2)cc2cc(Cl)c(C)nc12. The third-order valence-corrected chi connectivity index (χ3v) is 9.30. The minimum absolute atomic E-state index is 0.0659. The second kappa shape index (κ2) is 10.9. The fraction of sp³-hybridized carbons (Fsp3) is 0.312. The number of aliphatic hydroxyl groups is 1. The number of nitrogens with one attached hydrogen (secondary N) is 1. The van der Waals surface area contributed by atoms with E-state index in [1.54, 1.807) is 44.2 Å². The van der Waals surface area contributed by atoms with Crippen LogP contribution >= 0.6 is 23.2 Å². The Morgan fingerprint density at radius 3 is 2.66 bits per heavy atom. The van der Waals surface area contributed by atoms with Crippen molar-refractivity contribution in [3.63, 3.8) is 0 Å². The number of amides is 2. The predicted molar refractivity (Wildman–Crippen MR) is 164 cm³/mol. The van der Waals surface area contributed by atoms with Crippen LogP contribution in [0.5, 0.6) is 11.5 Å². The van der Waals surface area contributed by atoms with Gasteiger partial charge in [0.05, 0.1) is 35.1 Å². The number of carbonyl (C=O) groups is 2. The van der Waals surface area contributed by atoms with Crippen LogP contribution in [0.2, 0.25) is 10.0 Å². The van der Waals surface area contributed by atoms with Gasteiger partial charge in [-0.05, 0) is 62.9 Å². The fourth-order valence-electron chi connectivity index (χ4n) is 5.61. The van der Waals surface area contributed by atoms with Gasteiger partial charge in [-0.3, -0.25) is 9.59 Å². The summed E-state index contributed by atoms with van der Waals surface area (Å²) < 4.78 is 25.9. The average molecular weight is 640 g/mol. The highest BCUT2D eigenvalue weighted by Crippen LogP contribution is 2.50. The van der Waals surface area contributed by atoms with E-state index in [0.29, 0.717) is 45.8 Å². The molecular formula is C32H29Cl2FN4O5. The van der Waals surface area contributed by atoms with Crippen LogP contribution in [0.15, 0.2) is 42.5 Å². The van der Waals surface area contributed by atoms with Crippen molar-refractivity contribution in [3.8, 4) is 22.8 Å². The van der Waals surface area contributed by atoms with Gasteiger partial charge < -0.3 is 25.6 Å². The first-order valence-corrected chi connectivity index (χ1v) is 14.7. The molecule has 12 heteroatoms. The highest BCUT2D eigenvalue weighted by Gasteiger charge is 2.50. The number of ether oxygens (including phenoxy) is 2. The van der Waals surface area contributed by atoms with Gasteiger partial charge in [-0.2, -0.15) is 0 Å². The number of aromatic nitrogens is 2. The number of carbonyl (C=O) groups excluding carboxylic acids is 2. The zero-order chi connectivity index (χ0) is 31.6. The van der Waals surface area contributed by atoms with E-state index in [0.717, 1.165) is 0 Å². The van der Waals surface area contributed by atoms with Gasteiger partial charge in [0.1, 0.15) is 46.1 Å². The number of pyridine rings is 2. The highest BCUT2D eigenvalue weighted by molar-refractivity contribution is 6.33. The minimum atomic E-state index is -1.65. The molecule has 0 spiro atoms. The van der Waals surface area contributed by atoms with E-state index in [4.69, 9.17) is 43.4 Å². The second-order valence-electron chi connectivity index (χ2n) is 11.5. The summed E-state index contributed by atoms with van der Waals surface area (Å²) in [5.41, 5.74) is 5.33. The Morgan fingerprint density at radius 2 is 1.98 bits per heavy atom. The van der Waals surface area contributed by atoms with E-state index in [-0.39, 0.29) is 52.4 Å². The van der Waals surface area contributed by atoms with Gasteiger partial charge in [-0.25, -0.2) is 14.4 Å². The molecule has 1 aliphatic heterocycles. The fourth-order valence-corrected chi connectivity index (χ4v) is 5.98. The molecule has 3 heterocycles. The number of benzene rings is 2. The third kappa shape index (κ3) is 4.91. The van der Waals surface area contributed by atoms with Crippen LogP contribution in [-0.2, 0) is 15.8 Å². The lowest BCUT2D eigenvalue weighted by Gasteiger charge is -2.30. The smallest absolute Gasteiger partial charge is 0.251 e. The summed E-state index contributed by atoms with van der Waals surface area (Å²) in [5, 5.41) is 15.9. The van der Waals surface area contributed by atoms with Gasteiger partial charge in [0.15, 0.2) is 0 Å². The molecule has 6 rings (SSSR count). The molecule has 1 aliphatic carbocycles. The van der Waals surface area contributed by atoms with Gasteiger partial charge in [0.2, 0.25) is 5.91 Å². The zero-order valence-corrected chi connectivity index (χ0v) is 25.6. The molecule has 4 N–H and O–H groups in total. The number of halogens is 3. The Kier molecular flexibility index (Phi) is 7.42. The van der Waals surface area contributed by atoms with Gasteiger partial charge >= 0.3 is 0 Å². The molecule has 2 aliphatic rings. The molecule has 0 bridgehead atoms. The van der Waals surface area contributed by atoms with Crippen molar-refractivity contribution in [2.45, 2.75) is 37.7 Å². The lowest BCUT2D eigenvalue weighted by molar-refractivity contribution is -0.123. The van der Waals surface area contributed by atoms with Crippen LogP contribution in [0.3, 0.4) is 0 Å².